The first-order valence-corrected chi connectivity index (χ1v) is 8.66. The largest absolute Gasteiger partial charge is 0.465 e. The van der Waals surface area contributed by atoms with Crippen LogP contribution in [0.15, 0.2) is 27.5 Å². The molecule has 1 saturated carbocycles. The lowest BCUT2D eigenvalue weighted by Crippen LogP contribution is -2.41. The van der Waals surface area contributed by atoms with E-state index in [1.165, 1.54) is 4.57 Å². The van der Waals surface area contributed by atoms with Crippen LogP contribution in [-0.2, 0) is 7.05 Å². The molecule has 1 aliphatic carbocycles. The van der Waals surface area contributed by atoms with Gasteiger partial charge in [0.15, 0.2) is 0 Å². The number of nitrogens with one attached hydrogen (secondary N) is 2. The average molecular weight is 395 g/mol. The van der Waals surface area contributed by atoms with E-state index < -0.39 is 6.09 Å². The van der Waals surface area contributed by atoms with E-state index in [2.05, 4.69) is 31.5 Å². The molecule has 1 aromatic carbocycles. The molecule has 24 heavy (non-hydrogen) atoms. The van der Waals surface area contributed by atoms with E-state index >= 15 is 0 Å². The number of carboxylic acid groups (broad SMARTS) is 1. The molecule has 128 valence electrons. The van der Waals surface area contributed by atoms with Gasteiger partial charge in [0, 0.05) is 23.6 Å². The number of halogens is 1. The van der Waals surface area contributed by atoms with E-state index in [0.29, 0.717) is 23.3 Å². The van der Waals surface area contributed by atoms with Crippen molar-refractivity contribution in [3.8, 4) is 0 Å². The van der Waals surface area contributed by atoms with Gasteiger partial charge in [0.05, 0.1) is 10.9 Å². The van der Waals surface area contributed by atoms with Gasteiger partial charge in [-0.3, -0.25) is 9.36 Å². The zero-order valence-corrected chi connectivity index (χ0v) is 14.8. The Morgan fingerprint density at radius 1 is 1.38 bits per heavy atom. The van der Waals surface area contributed by atoms with Gasteiger partial charge in [-0.2, -0.15) is 0 Å². The van der Waals surface area contributed by atoms with Gasteiger partial charge in [-0.1, -0.05) is 6.07 Å². The van der Waals surface area contributed by atoms with Crippen molar-refractivity contribution in [2.75, 3.05) is 5.32 Å². The second-order valence-corrected chi connectivity index (χ2v) is 6.94. The fraction of sp³-hybridized carbons (Fsp3) is 0.438. The highest BCUT2D eigenvalue weighted by molar-refractivity contribution is 9.10. The van der Waals surface area contributed by atoms with Gasteiger partial charge < -0.3 is 15.7 Å². The van der Waals surface area contributed by atoms with E-state index in [4.69, 9.17) is 5.11 Å². The molecule has 0 unspecified atom stereocenters. The summed E-state index contributed by atoms with van der Waals surface area (Å²) in [6, 6.07) is 5.43. The van der Waals surface area contributed by atoms with Gasteiger partial charge in [0.1, 0.15) is 0 Å². The van der Waals surface area contributed by atoms with Crippen molar-refractivity contribution in [3.63, 3.8) is 0 Å². The second kappa shape index (κ2) is 6.80. The lowest BCUT2D eigenvalue weighted by molar-refractivity contribution is 0.185. The average Bonchev–Trinajstić information content (AvgIpc) is 2.53. The maximum atomic E-state index is 12.5. The molecule has 7 nitrogen and oxygen atoms in total. The maximum Gasteiger partial charge on any atom is 0.404 e. The first kappa shape index (κ1) is 16.8. The maximum absolute atomic E-state index is 12.5. The van der Waals surface area contributed by atoms with Gasteiger partial charge in [-0.15, -0.1) is 0 Å². The number of hydrogen-bond donors (Lipinski definition) is 3. The normalized spacial score (nSPS) is 20.8. The molecule has 0 aliphatic heterocycles. The molecule has 2 aromatic rings. The molecule has 0 saturated heterocycles. The highest BCUT2D eigenvalue weighted by Crippen LogP contribution is 2.24. The molecule has 0 bridgehead atoms. The molecule has 1 fully saturated rings. The van der Waals surface area contributed by atoms with Gasteiger partial charge in [-0.05, 0) is 53.7 Å². The minimum Gasteiger partial charge on any atom is -0.465 e. The Hall–Kier alpha value is -2.09. The van der Waals surface area contributed by atoms with Crippen molar-refractivity contribution >= 4 is 38.9 Å². The topological polar surface area (TPSA) is 96.2 Å². The molecule has 0 radical (unpaired) electrons. The first-order chi connectivity index (χ1) is 11.5. The molecule has 8 heteroatoms. The minimum atomic E-state index is -0.999. The summed E-state index contributed by atoms with van der Waals surface area (Å²) in [5.41, 5.74) is 0.513. The Bertz CT molecular complexity index is 836. The Kier molecular flexibility index (Phi) is 4.75. The van der Waals surface area contributed by atoms with Gasteiger partial charge in [0.2, 0.25) is 5.95 Å². The monoisotopic (exact) mass is 394 g/mol. The predicted molar refractivity (Wildman–Crippen MR) is 95.5 cm³/mol. The molecule has 1 aromatic heterocycles. The van der Waals surface area contributed by atoms with E-state index in [1.54, 1.807) is 13.1 Å². The molecular formula is C16H19BrN4O3. The van der Waals surface area contributed by atoms with Crippen molar-refractivity contribution < 1.29 is 9.90 Å². The quantitative estimate of drug-likeness (QED) is 0.743. The highest BCUT2D eigenvalue weighted by atomic mass is 79.9. The number of hydrogen-bond acceptors (Lipinski definition) is 4. The first-order valence-electron chi connectivity index (χ1n) is 7.87. The number of aromatic nitrogens is 2. The van der Waals surface area contributed by atoms with Crippen LogP contribution in [0.1, 0.15) is 25.7 Å². The summed E-state index contributed by atoms with van der Waals surface area (Å²) in [7, 11) is 1.69. The third-order valence-electron chi connectivity index (χ3n) is 4.39. The third kappa shape index (κ3) is 3.38. The van der Waals surface area contributed by atoms with Crippen LogP contribution in [-0.4, -0.2) is 32.8 Å². The number of para-hydroxylation sites is 1. The minimum absolute atomic E-state index is 0.0713. The van der Waals surface area contributed by atoms with Crippen molar-refractivity contribution in [3.05, 3.63) is 33.0 Å². The van der Waals surface area contributed by atoms with Crippen molar-refractivity contribution in [2.24, 2.45) is 7.05 Å². The van der Waals surface area contributed by atoms with Crippen LogP contribution in [0.3, 0.4) is 0 Å². The molecular weight excluding hydrogens is 376 g/mol. The molecule has 1 heterocycles. The zero-order chi connectivity index (χ0) is 17.3. The van der Waals surface area contributed by atoms with Crippen LogP contribution >= 0.6 is 15.9 Å². The Labute approximate surface area is 147 Å². The standard InChI is InChI=1S/C16H19BrN4O3/c1-21-14(22)11-6-3-7-12(17)13(11)20-15(21)18-9-4-2-5-10(8-9)19-16(23)24/h3,6-7,9-10,19H,2,4-5,8H2,1H3,(H,18,20)(H,23,24)/t9-,10+/m0/s1. The number of nitrogens with zero attached hydrogens (tertiary/aromatic N) is 2. The number of fused-ring (bicyclic) bond motifs is 1. The number of benzene rings is 1. The van der Waals surface area contributed by atoms with Crippen LogP contribution in [0.25, 0.3) is 10.9 Å². The summed E-state index contributed by atoms with van der Waals surface area (Å²) >= 11 is 3.44. The number of rotatable bonds is 3. The van der Waals surface area contributed by atoms with Gasteiger partial charge >= 0.3 is 6.09 Å². The Morgan fingerprint density at radius 2 is 2.12 bits per heavy atom. The Morgan fingerprint density at radius 3 is 2.88 bits per heavy atom. The van der Waals surface area contributed by atoms with Crippen LogP contribution in [0.5, 0.6) is 0 Å². The van der Waals surface area contributed by atoms with E-state index in [0.717, 1.165) is 23.7 Å². The second-order valence-electron chi connectivity index (χ2n) is 6.09. The fourth-order valence-corrected chi connectivity index (χ4v) is 3.65. The lowest BCUT2D eigenvalue weighted by Gasteiger charge is -2.30. The number of anilines is 1. The molecule has 1 amide bonds. The molecule has 1 aliphatic rings. The van der Waals surface area contributed by atoms with Crippen LogP contribution in [0.2, 0.25) is 0 Å². The fourth-order valence-electron chi connectivity index (χ4n) is 3.20. The number of amides is 1. The summed E-state index contributed by atoms with van der Waals surface area (Å²) in [6.45, 7) is 0. The smallest absolute Gasteiger partial charge is 0.404 e. The van der Waals surface area contributed by atoms with E-state index in [-0.39, 0.29) is 17.6 Å². The van der Waals surface area contributed by atoms with Crippen molar-refractivity contribution in [2.45, 2.75) is 37.8 Å². The zero-order valence-electron chi connectivity index (χ0n) is 13.3. The van der Waals surface area contributed by atoms with Crippen LogP contribution in [0, 0.1) is 0 Å². The van der Waals surface area contributed by atoms with Gasteiger partial charge in [-0.25, -0.2) is 9.78 Å². The van der Waals surface area contributed by atoms with E-state index in [1.807, 2.05) is 12.1 Å². The van der Waals surface area contributed by atoms with Crippen LogP contribution in [0.4, 0.5) is 10.7 Å². The molecule has 0 spiro atoms. The van der Waals surface area contributed by atoms with E-state index in [9.17, 15) is 9.59 Å². The highest BCUT2D eigenvalue weighted by Gasteiger charge is 2.24. The Balaban J connectivity index is 1.87. The van der Waals surface area contributed by atoms with Crippen molar-refractivity contribution in [1.82, 2.24) is 14.9 Å². The SMILES string of the molecule is Cn1c(N[C@H]2CCC[C@@H](NC(=O)O)C2)nc2c(Br)cccc2c1=O. The summed E-state index contributed by atoms with van der Waals surface area (Å²) < 4.78 is 2.28. The predicted octanol–water partition coefficient (Wildman–Crippen LogP) is 2.69. The number of carbonyl (C=O) groups is 1. The molecule has 3 N–H and O–H groups in total. The lowest BCUT2D eigenvalue weighted by atomic mass is 9.91. The third-order valence-corrected chi connectivity index (χ3v) is 5.03. The van der Waals surface area contributed by atoms with Gasteiger partial charge in [0.25, 0.3) is 5.56 Å². The van der Waals surface area contributed by atoms with Crippen LogP contribution < -0.4 is 16.2 Å². The van der Waals surface area contributed by atoms with Crippen molar-refractivity contribution in [1.29, 1.82) is 0 Å². The summed E-state index contributed by atoms with van der Waals surface area (Å²) in [4.78, 5) is 27.9. The summed E-state index contributed by atoms with van der Waals surface area (Å²) in [5, 5.41) is 15.3. The molecule has 3 rings (SSSR count). The molecule has 2 atom stereocenters. The summed E-state index contributed by atoms with van der Waals surface area (Å²) in [6.07, 6.45) is 2.35. The summed E-state index contributed by atoms with van der Waals surface area (Å²) in [5.74, 6) is 0.500.